The summed E-state index contributed by atoms with van der Waals surface area (Å²) in [6.45, 7) is 51.4. The summed E-state index contributed by atoms with van der Waals surface area (Å²) in [4.78, 5) is 89.5. The SMILES string of the molecule is CC(C)c1cc(C(=O)C2CC3C(C)C3C2)ccn1.CC(C)c1cc(C(=O)N2CC(O)C(C)(C)C2)ccn1.CC(C)c1cc(C(=O)N2CCC(C)C2(C)C)ccn1.CC(C)c1cc(C(F)(F)F)cc(Cl)n1.CC(C)c1cc(CCO)ccn1.CC(C)c1ccc2c(n1)CCCC2.CC(C)c1cccc(CF)n1.CCC1CN(C(=O)c2ccnc(C(C)C)c2)C1. The molecule has 8 aromatic heterocycles. The summed E-state index contributed by atoms with van der Waals surface area (Å²) < 4.78 is 49.1. The van der Waals surface area contributed by atoms with Gasteiger partial charge < -0.3 is 24.9 Å². The van der Waals surface area contributed by atoms with Gasteiger partial charge in [-0.15, -0.1) is 0 Å². The maximum absolute atomic E-state index is 12.7. The molecule has 670 valence electrons. The third kappa shape index (κ3) is 29.4. The molecule has 3 saturated heterocycles. The Bertz CT molecular complexity index is 4700. The molecule has 3 aliphatic heterocycles. The van der Waals surface area contributed by atoms with Crippen LogP contribution in [0, 0.1) is 40.9 Å². The molecule has 0 spiro atoms. The van der Waals surface area contributed by atoms with Gasteiger partial charge in [0.1, 0.15) is 11.8 Å². The number of rotatable bonds is 17. The van der Waals surface area contributed by atoms with Crippen LogP contribution in [0.4, 0.5) is 17.6 Å². The number of ketones is 1. The molecule has 3 aliphatic carbocycles. The van der Waals surface area contributed by atoms with Crippen LogP contribution in [-0.4, -0.2) is 139 Å². The molecule has 3 amide bonds. The summed E-state index contributed by atoms with van der Waals surface area (Å²) in [5.74, 6) is 7.40. The zero-order chi connectivity index (χ0) is 91.1. The van der Waals surface area contributed by atoms with Crippen molar-refractivity contribution in [2.75, 3.05) is 39.3 Å². The molecule has 6 aliphatic rings. The van der Waals surface area contributed by atoms with Gasteiger partial charge in [-0.1, -0.05) is 169 Å². The van der Waals surface area contributed by atoms with Crippen LogP contribution in [-0.2, 0) is 32.1 Å². The predicted molar refractivity (Wildman–Crippen MR) is 486 cm³/mol. The Kier molecular flexibility index (Phi) is 38.2. The van der Waals surface area contributed by atoms with Gasteiger partial charge in [0.05, 0.1) is 17.4 Å². The number of carbonyl (C=O) groups excluding carboxylic acids is 4. The van der Waals surface area contributed by atoms with Crippen LogP contribution in [0.25, 0.3) is 0 Å². The van der Waals surface area contributed by atoms with Crippen molar-refractivity contribution in [2.24, 2.45) is 40.9 Å². The van der Waals surface area contributed by atoms with Gasteiger partial charge in [-0.2, -0.15) is 13.2 Å². The lowest BCUT2D eigenvalue weighted by atomic mass is 9.90. The van der Waals surface area contributed by atoms with E-state index in [1.54, 1.807) is 61.9 Å². The first-order valence-electron chi connectivity index (χ1n) is 44.7. The van der Waals surface area contributed by atoms with Gasteiger partial charge in [0, 0.05) is 161 Å². The standard InChI is InChI=1S/C16H24N2O.C16H21NO.C15H22N2O2.C14H20N2O.C12H17N.C10H15NO.C9H9ClF3N.C9H12FN/c1-11(2)14-10-13(6-8-17-14)15(19)18-9-7-12(3)16(18,4)5;1-9(2)15-8-11(4-5-17-15)16(18)12-6-13-10(3)14(13)7-12;1-10(2)12-7-11(5-6-16-12)14(19)17-8-13(18)15(3,4)9-17;1-4-11-8-16(9-11)14(17)12-5-6-15-13(7-12)10(2)3;1-9(2)11-8-7-10-5-3-4-6-12(10)13-11;1-8(2)10-7-9(4-6-12)3-5-11-10;1-5(2)7-3-6(9(11,12)13)4-8(10)14-7;1-7(2)9-5-3-4-8(6-10)11-9/h6,8,10-12H,7,9H2,1-5H3;4-5,8-10,12-14H,6-7H2,1-3H3;5-7,10,13,18H,8-9H2,1-4H3;5-7,10-11H,4,8-9H2,1-3H3;7-9H,3-6H2,1-2H3;3,5,7-8,12H,4,6H2,1-2H3;3-5H,1-2H3;3-5,7H,6H2,1-2H3. The second kappa shape index (κ2) is 46.4. The molecule has 5 fully saturated rings. The number of hydrogen-bond acceptors (Lipinski definition) is 14. The molecule has 4 unspecified atom stereocenters. The van der Waals surface area contributed by atoms with E-state index < -0.39 is 24.5 Å². The number of alkyl halides is 4. The quantitative estimate of drug-likeness (QED) is 0.0492. The van der Waals surface area contributed by atoms with E-state index >= 15 is 0 Å². The van der Waals surface area contributed by atoms with Gasteiger partial charge >= 0.3 is 6.18 Å². The van der Waals surface area contributed by atoms with Gasteiger partial charge in [0.25, 0.3) is 17.7 Å². The van der Waals surface area contributed by atoms with E-state index in [0.717, 1.165) is 138 Å². The smallest absolute Gasteiger partial charge is 0.396 e. The van der Waals surface area contributed by atoms with E-state index in [2.05, 4.69) is 171 Å². The van der Waals surface area contributed by atoms with Gasteiger partial charge in [-0.3, -0.25) is 54.1 Å². The monoisotopic (exact) mass is 1710 g/mol. The Hall–Kier alpha value is -8.79. The molecule has 8 aromatic rings. The summed E-state index contributed by atoms with van der Waals surface area (Å²) in [6, 6.07) is 30.7. The maximum Gasteiger partial charge on any atom is 0.416 e. The highest BCUT2D eigenvalue weighted by Crippen LogP contribution is 2.59. The average molecular weight is 1720 g/mol. The molecular formula is C101H140ClF4N11O6. The zero-order valence-corrected chi connectivity index (χ0v) is 78.3. The Morgan fingerprint density at radius 2 is 0.984 bits per heavy atom. The molecule has 2 saturated carbocycles. The Morgan fingerprint density at radius 1 is 0.528 bits per heavy atom. The van der Waals surface area contributed by atoms with E-state index in [0.29, 0.717) is 89.1 Å². The highest BCUT2D eigenvalue weighted by Gasteiger charge is 2.54. The number of halogens is 5. The van der Waals surface area contributed by atoms with Crippen molar-refractivity contribution in [1.82, 2.24) is 54.6 Å². The number of carbonyl (C=O) groups is 4. The first-order valence-corrected chi connectivity index (χ1v) is 45.0. The second-order valence-corrected chi connectivity index (χ2v) is 38.1. The van der Waals surface area contributed by atoms with Crippen LogP contribution in [0.1, 0.15) is 360 Å². The van der Waals surface area contributed by atoms with E-state index in [9.17, 15) is 41.8 Å². The third-order valence-electron chi connectivity index (χ3n) is 24.6. The summed E-state index contributed by atoms with van der Waals surface area (Å²) >= 11 is 5.49. The van der Waals surface area contributed by atoms with Crippen molar-refractivity contribution in [3.8, 4) is 0 Å². The first-order chi connectivity index (χ1) is 57.9. The highest BCUT2D eigenvalue weighted by atomic mass is 35.5. The number of aliphatic hydroxyl groups is 2. The van der Waals surface area contributed by atoms with Crippen molar-refractivity contribution in [3.05, 3.63) is 235 Å². The number of aromatic nitrogens is 8. The fourth-order valence-electron chi connectivity index (χ4n) is 15.5. The molecule has 11 heterocycles. The third-order valence-corrected chi connectivity index (χ3v) is 24.8. The average Bonchev–Trinajstić information content (AvgIpc) is 1.59. The highest BCUT2D eigenvalue weighted by molar-refractivity contribution is 6.29. The minimum atomic E-state index is -4.36. The number of β-amino-alcohol motifs (C(OH)–C–C–N with tert-alkyl or cyclic N) is 1. The van der Waals surface area contributed by atoms with Gasteiger partial charge in [0.2, 0.25) is 0 Å². The van der Waals surface area contributed by atoms with E-state index in [-0.39, 0.29) is 52.3 Å². The lowest BCUT2D eigenvalue weighted by Crippen LogP contribution is -2.49. The lowest BCUT2D eigenvalue weighted by Gasteiger charge is -2.38. The summed E-state index contributed by atoms with van der Waals surface area (Å²) in [7, 11) is 0. The van der Waals surface area contributed by atoms with Gasteiger partial charge in [-0.25, -0.2) is 9.37 Å². The van der Waals surface area contributed by atoms with Crippen molar-refractivity contribution >= 4 is 35.1 Å². The summed E-state index contributed by atoms with van der Waals surface area (Å²) in [5.41, 5.74) is 14.1. The Morgan fingerprint density at radius 3 is 1.43 bits per heavy atom. The number of aliphatic hydroxyl groups excluding tert-OH is 2. The maximum atomic E-state index is 12.7. The predicted octanol–water partition coefficient (Wildman–Crippen LogP) is 23.3. The number of amides is 3. The Balaban J connectivity index is 0.000000195. The summed E-state index contributed by atoms with van der Waals surface area (Å²) in [5, 5.41) is 18.6. The first kappa shape index (κ1) is 101. The number of pyridine rings is 8. The number of Topliss-reactive ketones (excluding diaryl/α,β-unsaturated/α-hetero) is 1. The molecule has 0 bridgehead atoms. The molecular weight excluding hydrogens is 1570 g/mol. The fraction of sp³-hybridized carbons (Fsp3) is 0.564. The number of hydrogen-bond donors (Lipinski definition) is 2. The molecule has 0 aromatic carbocycles. The topological polar surface area (TPSA) is 222 Å². The van der Waals surface area contributed by atoms with E-state index in [1.165, 1.54) is 42.6 Å². The van der Waals surface area contributed by atoms with Crippen LogP contribution >= 0.6 is 11.6 Å². The number of likely N-dealkylation sites (tertiary alicyclic amines) is 3. The van der Waals surface area contributed by atoms with E-state index in [1.807, 2.05) is 98.2 Å². The van der Waals surface area contributed by atoms with Crippen LogP contribution < -0.4 is 0 Å². The van der Waals surface area contributed by atoms with Crippen LogP contribution in [0.15, 0.2) is 134 Å². The molecule has 123 heavy (non-hydrogen) atoms. The number of nitrogens with zero attached hydrogens (tertiary/aromatic N) is 11. The van der Waals surface area contributed by atoms with Crippen molar-refractivity contribution in [2.45, 2.75) is 289 Å². The molecule has 14 rings (SSSR count). The second-order valence-electron chi connectivity index (χ2n) is 37.7. The summed E-state index contributed by atoms with van der Waals surface area (Å²) in [6.07, 6.45) is 14.2. The van der Waals surface area contributed by atoms with Crippen LogP contribution in [0.2, 0.25) is 5.15 Å². The Labute approximate surface area is 736 Å². The minimum Gasteiger partial charge on any atom is -0.396 e. The number of fused-ring (bicyclic) bond motifs is 2. The normalized spacial score (nSPS) is 19.0. The van der Waals surface area contributed by atoms with Crippen LogP contribution in [0.5, 0.6) is 0 Å². The zero-order valence-electron chi connectivity index (χ0n) is 77.5. The van der Waals surface area contributed by atoms with Crippen molar-refractivity contribution in [1.29, 1.82) is 0 Å². The van der Waals surface area contributed by atoms with Crippen LogP contribution in [0.3, 0.4) is 0 Å². The minimum absolute atomic E-state index is 0.0195. The molecule has 22 heteroatoms. The fourth-order valence-corrected chi connectivity index (χ4v) is 15.7. The van der Waals surface area contributed by atoms with Gasteiger partial charge in [0.15, 0.2) is 5.78 Å². The lowest BCUT2D eigenvalue weighted by molar-refractivity contribution is -0.137. The molecule has 17 nitrogen and oxygen atoms in total. The molecule has 4 atom stereocenters. The molecule has 0 radical (unpaired) electrons. The largest absolute Gasteiger partial charge is 0.416 e. The van der Waals surface area contributed by atoms with E-state index in [4.69, 9.17) is 21.7 Å². The molecule has 2 N–H and O–H groups in total. The van der Waals surface area contributed by atoms with Crippen molar-refractivity contribution in [3.63, 3.8) is 0 Å². The van der Waals surface area contributed by atoms with Gasteiger partial charge in [-0.05, 0) is 251 Å². The number of aryl methyl sites for hydroxylation is 2. The van der Waals surface area contributed by atoms with Crippen molar-refractivity contribution < 1.29 is 47.0 Å².